The van der Waals surface area contributed by atoms with Crippen molar-refractivity contribution in [2.45, 2.75) is 32.2 Å². The summed E-state index contributed by atoms with van der Waals surface area (Å²) in [6, 6.07) is 6.20. The summed E-state index contributed by atoms with van der Waals surface area (Å²) in [7, 11) is 0. The van der Waals surface area contributed by atoms with E-state index in [0.717, 1.165) is 22.3 Å². The van der Waals surface area contributed by atoms with Gasteiger partial charge in [0.2, 0.25) is 0 Å². The van der Waals surface area contributed by atoms with Crippen molar-refractivity contribution >= 4 is 23.0 Å². The maximum Gasteiger partial charge on any atom is 0.0765 e. The Hall–Kier alpha value is -0.890. The van der Waals surface area contributed by atoms with Crippen molar-refractivity contribution in [1.82, 2.24) is 0 Å². The van der Waals surface area contributed by atoms with E-state index >= 15 is 0 Å². The van der Waals surface area contributed by atoms with Gasteiger partial charge in [0.15, 0.2) is 0 Å². The van der Waals surface area contributed by atoms with E-state index in [1.165, 1.54) is 19.3 Å². The second kappa shape index (κ2) is 4.31. The third-order valence-corrected chi connectivity index (χ3v) is 3.27. The molecule has 0 amide bonds. The maximum absolute atomic E-state index is 6.08. The van der Waals surface area contributed by atoms with Gasteiger partial charge >= 0.3 is 0 Å². The molecule has 0 heterocycles. The highest BCUT2D eigenvalue weighted by atomic mass is 35.5. The van der Waals surface area contributed by atoms with Crippen LogP contribution in [0.3, 0.4) is 0 Å². The summed E-state index contributed by atoms with van der Waals surface area (Å²) in [5.41, 5.74) is 7.52. The van der Waals surface area contributed by atoms with Gasteiger partial charge in [0.1, 0.15) is 0 Å². The Morgan fingerprint density at radius 2 is 2.33 bits per heavy atom. The second-order valence-corrected chi connectivity index (χ2v) is 4.65. The molecule has 1 aliphatic carbocycles. The molecule has 0 bridgehead atoms. The van der Waals surface area contributed by atoms with Crippen molar-refractivity contribution in [3.8, 4) is 0 Å². The summed E-state index contributed by atoms with van der Waals surface area (Å²) < 4.78 is 0. The Labute approximate surface area is 95.8 Å². The Bertz CT molecular complexity index is 331. The number of nitrogen functional groups attached to an aromatic ring is 1. The van der Waals surface area contributed by atoms with Crippen molar-refractivity contribution in [1.29, 1.82) is 0 Å². The number of para-hydroxylation sites is 1. The van der Waals surface area contributed by atoms with E-state index in [9.17, 15) is 0 Å². The largest absolute Gasteiger partial charge is 0.397 e. The minimum Gasteiger partial charge on any atom is -0.397 e. The zero-order chi connectivity index (χ0) is 10.8. The fourth-order valence-corrected chi connectivity index (χ4v) is 2.23. The topological polar surface area (TPSA) is 38.0 Å². The number of hydrogen-bond donors (Lipinski definition) is 2. The van der Waals surface area contributed by atoms with Crippen LogP contribution in [0.25, 0.3) is 0 Å². The summed E-state index contributed by atoms with van der Waals surface area (Å²) >= 11 is 6.08. The summed E-state index contributed by atoms with van der Waals surface area (Å²) in [5, 5.41) is 4.15. The minimum atomic E-state index is 0.576. The van der Waals surface area contributed by atoms with Crippen LogP contribution in [0.5, 0.6) is 0 Å². The number of rotatable bonds is 4. The molecule has 1 aromatic rings. The molecule has 1 aromatic carbocycles. The van der Waals surface area contributed by atoms with Gasteiger partial charge in [0.05, 0.1) is 16.4 Å². The highest BCUT2D eigenvalue weighted by Crippen LogP contribution is 2.40. The van der Waals surface area contributed by atoms with Crippen molar-refractivity contribution in [3.63, 3.8) is 0 Å². The number of nitrogens with two attached hydrogens (primary N) is 1. The third kappa shape index (κ3) is 2.37. The molecular formula is C12H17ClN2. The lowest BCUT2D eigenvalue weighted by atomic mass is 10.2. The van der Waals surface area contributed by atoms with Crippen molar-refractivity contribution < 1.29 is 0 Å². The standard InChI is InChI=1S/C12H17ClN2/c1-2-4-8-7-11(8)15-12-9(13)5-3-6-10(12)14/h3,5-6,8,11,15H,2,4,7,14H2,1H3. The van der Waals surface area contributed by atoms with Gasteiger partial charge in [-0.15, -0.1) is 0 Å². The lowest BCUT2D eigenvalue weighted by molar-refractivity contribution is 0.693. The molecule has 15 heavy (non-hydrogen) atoms. The average molecular weight is 225 g/mol. The number of hydrogen-bond acceptors (Lipinski definition) is 2. The first kappa shape index (κ1) is 10.6. The predicted octanol–water partition coefficient (Wildman–Crippen LogP) is 3.52. The van der Waals surface area contributed by atoms with Crippen molar-refractivity contribution in [2.24, 2.45) is 5.92 Å². The summed E-state index contributed by atoms with van der Waals surface area (Å²) in [5.74, 6) is 0.811. The van der Waals surface area contributed by atoms with Gasteiger partial charge in [0, 0.05) is 6.04 Å². The molecule has 0 spiro atoms. The number of benzene rings is 1. The zero-order valence-electron chi connectivity index (χ0n) is 8.96. The monoisotopic (exact) mass is 224 g/mol. The van der Waals surface area contributed by atoms with Gasteiger partial charge in [-0.3, -0.25) is 0 Å². The molecule has 2 atom stereocenters. The molecule has 3 N–H and O–H groups in total. The van der Waals surface area contributed by atoms with Crippen LogP contribution >= 0.6 is 11.6 Å². The van der Waals surface area contributed by atoms with Gasteiger partial charge in [-0.05, 0) is 30.9 Å². The van der Waals surface area contributed by atoms with Crippen LogP contribution in [0.1, 0.15) is 26.2 Å². The predicted molar refractivity (Wildman–Crippen MR) is 66.3 cm³/mol. The molecule has 0 aromatic heterocycles. The highest BCUT2D eigenvalue weighted by molar-refractivity contribution is 6.33. The molecule has 1 aliphatic rings. The molecule has 0 aliphatic heterocycles. The van der Waals surface area contributed by atoms with E-state index in [4.69, 9.17) is 17.3 Å². The molecular weight excluding hydrogens is 208 g/mol. The average Bonchev–Trinajstić information content (AvgIpc) is 2.91. The number of anilines is 2. The summed E-state index contributed by atoms with van der Waals surface area (Å²) in [6.07, 6.45) is 3.79. The fraction of sp³-hybridized carbons (Fsp3) is 0.500. The fourth-order valence-electron chi connectivity index (χ4n) is 1.99. The maximum atomic E-state index is 6.08. The van der Waals surface area contributed by atoms with Crippen molar-refractivity contribution in [2.75, 3.05) is 11.1 Å². The Kier molecular flexibility index (Phi) is 3.06. The van der Waals surface area contributed by atoms with E-state index < -0.39 is 0 Å². The molecule has 2 nitrogen and oxygen atoms in total. The first-order valence-electron chi connectivity index (χ1n) is 5.53. The lowest BCUT2D eigenvalue weighted by Crippen LogP contribution is -2.07. The van der Waals surface area contributed by atoms with Crippen LogP contribution in [-0.4, -0.2) is 6.04 Å². The van der Waals surface area contributed by atoms with Crippen LogP contribution in [0.2, 0.25) is 5.02 Å². The summed E-state index contributed by atoms with van der Waals surface area (Å²) in [6.45, 7) is 2.22. The zero-order valence-corrected chi connectivity index (χ0v) is 9.72. The van der Waals surface area contributed by atoms with Gasteiger partial charge in [-0.2, -0.15) is 0 Å². The lowest BCUT2D eigenvalue weighted by Gasteiger charge is -2.10. The molecule has 82 valence electrons. The first-order valence-corrected chi connectivity index (χ1v) is 5.90. The van der Waals surface area contributed by atoms with Crippen LogP contribution in [0.4, 0.5) is 11.4 Å². The quantitative estimate of drug-likeness (QED) is 0.768. The van der Waals surface area contributed by atoms with Gasteiger partial charge in [-0.1, -0.05) is 31.0 Å². The highest BCUT2D eigenvalue weighted by Gasteiger charge is 2.36. The minimum absolute atomic E-state index is 0.576. The molecule has 3 heteroatoms. The SMILES string of the molecule is CCCC1CC1Nc1c(N)cccc1Cl. The smallest absolute Gasteiger partial charge is 0.0765 e. The first-order chi connectivity index (χ1) is 7.22. The Balaban J connectivity index is 2.00. The van der Waals surface area contributed by atoms with Gasteiger partial charge < -0.3 is 11.1 Å². The number of nitrogens with one attached hydrogen (secondary N) is 1. The molecule has 0 radical (unpaired) electrons. The van der Waals surface area contributed by atoms with E-state index in [-0.39, 0.29) is 0 Å². The van der Waals surface area contributed by atoms with Gasteiger partial charge in [0.25, 0.3) is 0 Å². The van der Waals surface area contributed by atoms with Gasteiger partial charge in [-0.25, -0.2) is 0 Å². The third-order valence-electron chi connectivity index (χ3n) is 2.96. The van der Waals surface area contributed by atoms with E-state index in [0.29, 0.717) is 6.04 Å². The normalized spacial score (nSPS) is 23.9. The van der Waals surface area contributed by atoms with Crippen LogP contribution < -0.4 is 11.1 Å². The second-order valence-electron chi connectivity index (χ2n) is 4.24. The summed E-state index contributed by atoms with van der Waals surface area (Å²) in [4.78, 5) is 0. The van der Waals surface area contributed by atoms with Crippen LogP contribution in [0.15, 0.2) is 18.2 Å². The molecule has 1 saturated carbocycles. The Morgan fingerprint density at radius 1 is 1.53 bits per heavy atom. The van der Waals surface area contributed by atoms with E-state index in [1.54, 1.807) is 0 Å². The van der Waals surface area contributed by atoms with Crippen molar-refractivity contribution in [3.05, 3.63) is 23.2 Å². The Morgan fingerprint density at radius 3 is 3.00 bits per heavy atom. The van der Waals surface area contributed by atoms with Crippen LogP contribution in [-0.2, 0) is 0 Å². The number of halogens is 1. The molecule has 2 unspecified atom stereocenters. The molecule has 2 rings (SSSR count). The van der Waals surface area contributed by atoms with E-state index in [2.05, 4.69) is 12.2 Å². The van der Waals surface area contributed by atoms with E-state index in [1.807, 2.05) is 18.2 Å². The molecule has 0 saturated heterocycles. The van der Waals surface area contributed by atoms with Crippen LogP contribution in [0, 0.1) is 5.92 Å². The molecule has 1 fully saturated rings.